The van der Waals surface area contributed by atoms with Gasteiger partial charge in [0.25, 0.3) is 0 Å². The third-order valence-electron chi connectivity index (χ3n) is 2.68. The van der Waals surface area contributed by atoms with Gasteiger partial charge in [-0.3, -0.25) is 9.59 Å². The molecule has 1 aliphatic rings. The molecule has 0 heterocycles. The van der Waals surface area contributed by atoms with E-state index in [4.69, 9.17) is 0 Å². The van der Waals surface area contributed by atoms with Crippen LogP contribution in [-0.4, -0.2) is 33.5 Å². The maximum atomic E-state index is 11.7. The van der Waals surface area contributed by atoms with Gasteiger partial charge in [0.1, 0.15) is 0 Å². The van der Waals surface area contributed by atoms with Gasteiger partial charge in [0.15, 0.2) is 23.3 Å². The number of hydrogen-bond donors (Lipinski definition) is 2. The van der Waals surface area contributed by atoms with Crippen LogP contribution in [0.25, 0.3) is 0 Å². The Kier molecular flexibility index (Phi) is 1.99. The molecule has 1 aliphatic carbocycles. The normalized spacial score (nSPS) is 30.2. The molecule has 15 heavy (non-hydrogen) atoms. The summed E-state index contributed by atoms with van der Waals surface area (Å²) in [7, 11) is 0. The predicted octanol–water partition coefficient (Wildman–Crippen LogP) is 0.177. The third-order valence-corrected chi connectivity index (χ3v) is 2.68. The zero-order chi connectivity index (χ0) is 11.2. The summed E-state index contributed by atoms with van der Waals surface area (Å²) in [6.45, 7) is 1.15. The molecule has 4 nitrogen and oxygen atoms in total. The van der Waals surface area contributed by atoms with Crippen LogP contribution in [-0.2, 0) is 0 Å². The average Bonchev–Trinajstić information content (AvgIpc) is 2.24. The molecular formula is C11H10O4. The Hall–Kier alpha value is -1.52. The molecule has 0 spiro atoms. The van der Waals surface area contributed by atoms with Crippen LogP contribution in [0, 0.1) is 0 Å². The Morgan fingerprint density at radius 3 is 2.33 bits per heavy atom. The number of aliphatic hydroxyl groups is 2. The average molecular weight is 206 g/mol. The monoisotopic (exact) mass is 206 g/mol. The fourth-order valence-corrected chi connectivity index (χ4v) is 1.70. The second-order valence-electron chi connectivity index (χ2n) is 3.79. The Morgan fingerprint density at radius 2 is 1.73 bits per heavy atom. The van der Waals surface area contributed by atoms with Crippen molar-refractivity contribution < 1.29 is 19.8 Å². The largest absolute Gasteiger partial charge is 0.381 e. The van der Waals surface area contributed by atoms with Crippen molar-refractivity contribution >= 4 is 11.6 Å². The first kappa shape index (κ1) is 10.0. The van der Waals surface area contributed by atoms with Crippen molar-refractivity contribution in [3.63, 3.8) is 0 Å². The molecule has 0 fully saturated rings. The molecule has 0 amide bonds. The topological polar surface area (TPSA) is 74.6 Å². The van der Waals surface area contributed by atoms with Crippen molar-refractivity contribution in [3.05, 3.63) is 35.4 Å². The van der Waals surface area contributed by atoms with E-state index in [1.807, 2.05) is 0 Å². The highest BCUT2D eigenvalue weighted by Gasteiger charge is 2.48. The zero-order valence-corrected chi connectivity index (χ0v) is 8.10. The number of benzene rings is 1. The first-order valence-electron chi connectivity index (χ1n) is 4.54. The predicted molar refractivity (Wildman–Crippen MR) is 51.7 cm³/mol. The van der Waals surface area contributed by atoms with Crippen molar-refractivity contribution in [1.29, 1.82) is 0 Å². The summed E-state index contributed by atoms with van der Waals surface area (Å²) in [5, 5.41) is 19.2. The molecule has 0 unspecified atom stereocenters. The van der Waals surface area contributed by atoms with Crippen LogP contribution in [0.15, 0.2) is 24.3 Å². The van der Waals surface area contributed by atoms with Gasteiger partial charge >= 0.3 is 0 Å². The summed E-state index contributed by atoms with van der Waals surface area (Å²) in [4.78, 5) is 23.3. The van der Waals surface area contributed by atoms with Gasteiger partial charge in [-0.15, -0.1) is 0 Å². The number of ketones is 2. The number of aliphatic hydroxyl groups excluding tert-OH is 1. The highest BCUT2D eigenvalue weighted by atomic mass is 16.4. The lowest BCUT2D eigenvalue weighted by Gasteiger charge is -2.31. The van der Waals surface area contributed by atoms with Crippen molar-refractivity contribution in [2.24, 2.45) is 0 Å². The van der Waals surface area contributed by atoms with E-state index in [0.29, 0.717) is 0 Å². The summed E-state index contributed by atoms with van der Waals surface area (Å²) in [6, 6.07) is 6.15. The van der Waals surface area contributed by atoms with Crippen molar-refractivity contribution in [3.8, 4) is 0 Å². The lowest BCUT2D eigenvalue weighted by Crippen LogP contribution is -2.54. The number of carbonyl (C=O) groups excluding carboxylic acids is 2. The van der Waals surface area contributed by atoms with Crippen LogP contribution in [0.1, 0.15) is 27.6 Å². The van der Waals surface area contributed by atoms with Crippen LogP contribution in [0.4, 0.5) is 0 Å². The first-order chi connectivity index (χ1) is 6.96. The van der Waals surface area contributed by atoms with Gasteiger partial charge in [-0.25, -0.2) is 0 Å². The Morgan fingerprint density at radius 1 is 1.20 bits per heavy atom. The van der Waals surface area contributed by atoms with Crippen LogP contribution < -0.4 is 0 Å². The summed E-state index contributed by atoms with van der Waals surface area (Å²) in [5.41, 5.74) is -1.69. The molecule has 2 N–H and O–H groups in total. The SMILES string of the molecule is C[C@@]1(O)C(=O)c2ccccc2C(=O)[C@@H]1O. The number of rotatable bonds is 0. The molecule has 4 heteroatoms. The highest BCUT2D eigenvalue weighted by molar-refractivity contribution is 6.19. The van der Waals surface area contributed by atoms with Crippen LogP contribution in [0.5, 0.6) is 0 Å². The lowest BCUT2D eigenvalue weighted by atomic mass is 9.77. The summed E-state index contributed by atoms with van der Waals surface area (Å²) < 4.78 is 0. The molecule has 0 bridgehead atoms. The molecule has 0 radical (unpaired) electrons. The van der Waals surface area contributed by atoms with Gasteiger partial charge in [0.05, 0.1) is 0 Å². The van der Waals surface area contributed by atoms with Crippen LogP contribution in [0.2, 0.25) is 0 Å². The van der Waals surface area contributed by atoms with E-state index in [1.165, 1.54) is 12.1 Å². The second kappa shape index (κ2) is 2.98. The minimum atomic E-state index is -2.02. The molecule has 0 saturated carbocycles. The number of carbonyl (C=O) groups is 2. The summed E-state index contributed by atoms with van der Waals surface area (Å²) >= 11 is 0. The van der Waals surface area contributed by atoms with E-state index in [1.54, 1.807) is 12.1 Å². The molecule has 0 aromatic heterocycles. The number of fused-ring (bicyclic) bond motifs is 1. The second-order valence-corrected chi connectivity index (χ2v) is 3.79. The quantitative estimate of drug-likeness (QED) is 0.634. The van der Waals surface area contributed by atoms with Crippen LogP contribution >= 0.6 is 0 Å². The molecule has 1 aromatic carbocycles. The minimum absolute atomic E-state index is 0.165. The Labute approximate surface area is 86.2 Å². The van der Waals surface area contributed by atoms with Gasteiger partial charge < -0.3 is 10.2 Å². The van der Waals surface area contributed by atoms with Gasteiger partial charge in [-0.05, 0) is 6.92 Å². The van der Waals surface area contributed by atoms with E-state index in [9.17, 15) is 19.8 Å². The van der Waals surface area contributed by atoms with Crippen molar-refractivity contribution in [2.45, 2.75) is 18.6 Å². The smallest absolute Gasteiger partial charge is 0.197 e. The molecule has 0 aliphatic heterocycles. The van der Waals surface area contributed by atoms with Gasteiger partial charge in [-0.2, -0.15) is 0 Å². The van der Waals surface area contributed by atoms with Gasteiger partial charge in [0.2, 0.25) is 0 Å². The van der Waals surface area contributed by atoms with E-state index in [-0.39, 0.29) is 11.1 Å². The maximum Gasteiger partial charge on any atom is 0.197 e. The fraction of sp³-hybridized carbons (Fsp3) is 0.273. The molecule has 78 valence electrons. The Balaban J connectivity index is 2.68. The fourth-order valence-electron chi connectivity index (χ4n) is 1.70. The highest BCUT2D eigenvalue weighted by Crippen LogP contribution is 2.28. The Bertz CT molecular complexity index is 448. The zero-order valence-electron chi connectivity index (χ0n) is 8.10. The van der Waals surface area contributed by atoms with Crippen molar-refractivity contribution in [1.82, 2.24) is 0 Å². The number of Topliss-reactive ketones (excluding diaryl/α,β-unsaturated/α-hetero) is 2. The van der Waals surface area contributed by atoms with E-state index < -0.39 is 23.3 Å². The van der Waals surface area contributed by atoms with Gasteiger partial charge in [-0.1, -0.05) is 24.3 Å². The summed E-state index contributed by atoms with van der Waals surface area (Å²) in [5.74, 6) is -1.24. The van der Waals surface area contributed by atoms with E-state index in [0.717, 1.165) is 6.92 Å². The molecule has 2 atom stereocenters. The van der Waals surface area contributed by atoms with E-state index >= 15 is 0 Å². The molecule has 2 rings (SSSR count). The van der Waals surface area contributed by atoms with E-state index in [2.05, 4.69) is 0 Å². The lowest BCUT2D eigenvalue weighted by molar-refractivity contribution is -0.0306. The molecular weight excluding hydrogens is 196 g/mol. The summed E-state index contributed by atoms with van der Waals surface area (Å²) in [6.07, 6.45) is -1.68. The minimum Gasteiger partial charge on any atom is -0.381 e. The first-order valence-corrected chi connectivity index (χ1v) is 4.54. The van der Waals surface area contributed by atoms with Crippen molar-refractivity contribution in [2.75, 3.05) is 0 Å². The van der Waals surface area contributed by atoms with Gasteiger partial charge in [0, 0.05) is 11.1 Å². The number of hydrogen-bond acceptors (Lipinski definition) is 4. The maximum absolute atomic E-state index is 11.7. The molecule has 1 aromatic rings. The molecule has 0 saturated heterocycles. The van der Waals surface area contributed by atoms with Crippen LogP contribution in [0.3, 0.4) is 0 Å². The third kappa shape index (κ3) is 1.22. The standard InChI is InChI=1S/C11H10O4/c1-11(15)9(13)7-5-3-2-4-6(7)8(12)10(11)14/h2-5,10,14-15H,1H3/t10-,11+/m0/s1.